The zero-order chi connectivity index (χ0) is 17.8. The molecule has 2 aromatic rings. The minimum atomic E-state index is 0.307. The molecule has 1 fully saturated rings. The smallest absolute Gasteiger partial charge is 0.124 e. The van der Waals surface area contributed by atoms with Gasteiger partial charge < -0.3 is 19.7 Å². The summed E-state index contributed by atoms with van der Waals surface area (Å²) in [6.45, 7) is 1.81. The molecular formula is C19H20ClN3O2. The van der Waals surface area contributed by atoms with Gasteiger partial charge >= 0.3 is 0 Å². The maximum atomic E-state index is 8.96. The van der Waals surface area contributed by atoms with E-state index in [1.165, 1.54) is 0 Å². The molecule has 0 amide bonds. The molecule has 1 heterocycles. The number of rotatable bonds is 5. The highest BCUT2D eigenvalue weighted by Crippen LogP contribution is 2.31. The van der Waals surface area contributed by atoms with Crippen molar-refractivity contribution in [3.8, 4) is 17.6 Å². The lowest BCUT2D eigenvalue weighted by Crippen LogP contribution is -2.26. The second kappa shape index (κ2) is 7.54. The second-order valence-electron chi connectivity index (χ2n) is 5.95. The van der Waals surface area contributed by atoms with Gasteiger partial charge in [-0.25, -0.2) is 0 Å². The van der Waals surface area contributed by atoms with Crippen LogP contribution in [0.25, 0.3) is 0 Å². The van der Waals surface area contributed by atoms with Gasteiger partial charge in [-0.3, -0.25) is 0 Å². The van der Waals surface area contributed by atoms with Gasteiger partial charge in [-0.1, -0.05) is 11.6 Å². The molecule has 5 nitrogen and oxygen atoms in total. The number of benzene rings is 2. The molecule has 0 spiro atoms. The summed E-state index contributed by atoms with van der Waals surface area (Å²) < 4.78 is 10.7. The molecule has 0 radical (unpaired) electrons. The Morgan fingerprint density at radius 1 is 1.16 bits per heavy atom. The van der Waals surface area contributed by atoms with E-state index in [0.29, 0.717) is 16.6 Å². The lowest BCUT2D eigenvalue weighted by Gasteiger charge is -2.21. The number of hydrogen-bond donors (Lipinski definition) is 1. The summed E-state index contributed by atoms with van der Waals surface area (Å²) in [5, 5.41) is 12.9. The highest BCUT2D eigenvalue weighted by molar-refractivity contribution is 6.32. The first-order valence-electron chi connectivity index (χ1n) is 8.07. The molecule has 0 bridgehead atoms. The van der Waals surface area contributed by atoms with Crippen LogP contribution in [0, 0.1) is 11.3 Å². The fraction of sp³-hybridized carbons (Fsp3) is 0.316. The number of nitriles is 1. The van der Waals surface area contributed by atoms with Crippen LogP contribution in [0.1, 0.15) is 12.0 Å². The average Bonchev–Trinajstić information content (AvgIpc) is 3.10. The first kappa shape index (κ1) is 17.2. The van der Waals surface area contributed by atoms with Crippen LogP contribution < -0.4 is 19.7 Å². The van der Waals surface area contributed by atoms with Gasteiger partial charge in [0, 0.05) is 48.7 Å². The van der Waals surface area contributed by atoms with Crippen molar-refractivity contribution in [2.45, 2.75) is 12.5 Å². The van der Waals surface area contributed by atoms with Crippen LogP contribution in [-0.2, 0) is 0 Å². The number of hydrogen-bond acceptors (Lipinski definition) is 5. The summed E-state index contributed by atoms with van der Waals surface area (Å²) in [6, 6.07) is 13.7. The summed E-state index contributed by atoms with van der Waals surface area (Å²) >= 11 is 6.11. The van der Waals surface area contributed by atoms with Crippen LogP contribution in [0.2, 0.25) is 5.02 Å². The van der Waals surface area contributed by atoms with Gasteiger partial charge in [-0.05, 0) is 24.6 Å². The largest absolute Gasteiger partial charge is 0.497 e. The fourth-order valence-corrected chi connectivity index (χ4v) is 3.24. The van der Waals surface area contributed by atoms with Crippen molar-refractivity contribution in [2.24, 2.45) is 0 Å². The molecule has 1 aliphatic rings. The van der Waals surface area contributed by atoms with Crippen molar-refractivity contribution in [3.63, 3.8) is 0 Å². The van der Waals surface area contributed by atoms with E-state index in [1.807, 2.05) is 24.3 Å². The predicted molar refractivity (Wildman–Crippen MR) is 100.0 cm³/mol. The summed E-state index contributed by atoms with van der Waals surface area (Å²) in [5.41, 5.74) is 2.50. The Kier molecular flexibility index (Phi) is 5.20. The minimum Gasteiger partial charge on any atom is -0.497 e. The molecule has 1 aliphatic heterocycles. The van der Waals surface area contributed by atoms with E-state index in [4.69, 9.17) is 26.3 Å². The number of nitrogens with zero attached hydrogens (tertiary/aromatic N) is 2. The van der Waals surface area contributed by atoms with Gasteiger partial charge in [0.1, 0.15) is 17.6 Å². The molecule has 130 valence electrons. The third-order valence-corrected chi connectivity index (χ3v) is 4.66. The van der Waals surface area contributed by atoms with Gasteiger partial charge in [-0.15, -0.1) is 0 Å². The predicted octanol–water partition coefficient (Wildman–Crippen LogP) is 3.92. The van der Waals surface area contributed by atoms with Crippen molar-refractivity contribution in [3.05, 3.63) is 47.0 Å². The average molecular weight is 358 g/mol. The van der Waals surface area contributed by atoms with E-state index in [2.05, 4.69) is 16.3 Å². The standard InChI is InChI=1S/C19H20ClN3O2/c1-24-17-8-16(9-18(10-17)25-2)23-6-5-15(12-23)22-14-4-3-13(11-21)19(20)7-14/h3-4,7-10,15,22H,5-6,12H2,1-2H3. The first-order valence-corrected chi connectivity index (χ1v) is 8.45. The number of nitrogens with one attached hydrogen (secondary N) is 1. The molecule has 0 aromatic heterocycles. The van der Waals surface area contributed by atoms with E-state index < -0.39 is 0 Å². The highest BCUT2D eigenvalue weighted by atomic mass is 35.5. The van der Waals surface area contributed by atoms with Gasteiger partial charge in [0.25, 0.3) is 0 Å². The molecule has 25 heavy (non-hydrogen) atoms. The van der Waals surface area contributed by atoms with Crippen LogP contribution in [-0.4, -0.2) is 33.4 Å². The van der Waals surface area contributed by atoms with Crippen LogP contribution >= 0.6 is 11.6 Å². The molecular weight excluding hydrogens is 338 g/mol. The Balaban J connectivity index is 1.70. The van der Waals surface area contributed by atoms with Crippen molar-refractivity contribution in [1.82, 2.24) is 0 Å². The molecule has 1 atom stereocenters. The van der Waals surface area contributed by atoms with E-state index in [0.717, 1.165) is 42.4 Å². The minimum absolute atomic E-state index is 0.307. The van der Waals surface area contributed by atoms with E-state index in [1.54, 1.807) is 26.4 Å². The lowest BCUT2D eigenvalue weighted by atomic mass is 10.2. The molecule has 1 unspecified atom stereocenters. The normalized spacial score (nSPS) is 16.4. The monoisotopic (exact) mass is 357 g/mol. The molecule has 3 rings (SSSR count). The first-order chi connectivity index (χ1) is 12.1. The quantitative estimate of drug-likeness (QED) is 0.878. The summed E-state index contributed by atoms with van der Waals surface area (Å²) in [5.74, 6) is 1.56. The topological polar surface area (TPSA) is 57.5 Å². The van der Waals surface area contributed by atoms with E-state index >= 15 is 0 Å². The molecule has 2 aromatic carbocycles. The second-order valence-corrected chi connectivity index (χ2v) is 6.36. The molecule has 0 aliphatic carbocycles. The number of ether oxygens (including phenoxy) is 2. The Bertz CT molecular complexity index is 781. The van der Waals surface area contributed by atoms with Crippen LogP contribution in [0.3, 0.4) is 0 Å². The summed E-state index contributed by atoms with van der Waals surface area (Å²) in [6.07, 6.45) is 1.01. The maximum Gasteiger partial charge on any atom is 0.124 e. The maximum absolute atomic E-state index is 8.96. The van der Waals surface area contributed by atoms with Crippen molar-refractivity contribution in [2.75, 3.05) is 37.5 Å². The van der Waals surface area contributed by atoms with Crippen LogP contribution in [0.5, 0.6) is 11.5 Å². The van der Waals surface area contributed by atoms with Gasteiger partial charge in [-0.2, -0.15) is 5.26 Å². The Labute approximate surface area is 152 Å². The van der Waals surface area contributed by atoms with Crippen LogP contribution in [0.4, 0.5) is 11.4 Å². The van der Waals surface area contributed by atoms with Crippen molar-refractivity contribution < 1.29 is 9.47 Å². The zero-order valence-corrected chi connectivity index (χ0v) is 15.0. The molecule has 6 heteroatoms. The van der Waals surface area contributed by atoms with E-state index in [-0.39, 0.29) is 0 Å². The number of methoxy groups -OCH3 is 2. The Morgan fingerprint density at radius 2 is 1.88 bits per heavy atom. The van der Waals surface area contributed by atoms with Gasteiger partial charge in [0.2, 0.25) is 0 Å². The number of halogens is 1. The molecule has 0 saturated carbocycles. The molecule has 1 saturated heterocycles. The SMILES string of the molecule is COc1cc(OC)cc(N2CCC(Nc3ccc(C#N)c(Cl)c3)C2)c1. The Morgan fingerprint density at radius 3 is 2.48 bits per heavy atom. The Hall–Kier alpha value is -2.58. The summed E-state index contributed by atoms with van der Waals surface area (Å²) in [7, 11) is 3.31. The number of anilines is 2. The summed E-state index contributed by atoms with van der Waals surface area (Å²) in [4.78, 5) is 2.30. The highest BCUT2D eigenvalue weighted by Gasteiger charge is 2.23. The van der Waals surface area contributed by atoms with Gasteiger partial charge in [0.05, 0.1) is 24.8 Å². The van der Waals surface area contributed by atoms with Gasteiger partial charge in [0.15, 0.2) is 0 Å². The zero-order valence-electron chi connectivity index (χ0n) is 14.3. The lowest BCUT2D eigenvalue weighted by molar-refractivity contribution is 0.394. The van der Waals surface area contributed by atoms with Crippen molar-refractivity contribution in [1.29, 1.82) is 5.26 Å². The molecule has 1 N–H and O–H groups in total. The fourth-order valence-electron chi connectivity index (χ4n) is 3.02. The van der Waals surface area contributed by atoms with Crippen LogP contribution in [0.15, 0.2) is 36.4 Å². The van der Waals surface area contributed by atoms with E-state index in [9.17, 15) is 0 Å². The third-order valence-electron chi connectivity index (χ3n) is 4.35. The third kappa shape index (κ3) is 3.92. The van der Waals surface area contributed by atoms with Crippen molar-refractivity contribution >= 4 is 23.0 Å².